The van der Waals surface area contributed by atoms with E-state index in [4.69, 9.17) is 0 Å². The van der Waals surface area contributed by atoms with Gasteiger partial charge in [-0.15, -0.1) is 0 Å². The maximum absolute atomic E-state index is 3.44. The van der Waals surface area contributed by atoms with E-state index in [-0.39, 0.29) is 24.8 Å². The molecule has 0 bridgehead atoms. The molecular weight excluding hydrogens is 695 g/mol. The van der Waals surface area contributed by atoms with Gasteiger partial charge in [-0.2, -0.15) is 23.3 Å². The Kier molecular flexibility index (Phi) is 17.3. The van der Waals surface area contributed by atoms with Gasteiger partial charge < -0.3 is 24.8 Å². The van der Waals surface area contributed by atoms with E-state index in [2.05, 4.69) is 175 Å². The summed E-state index contributed by atoms with van der Waals surface area (Å²) in [6, 6.07) is 39.0. The van der Waals surface area contributed by atoms with Gasteiger partial charge in [-0.25, -0.2) is 11.1 Å². The molecule has 2 aliphatic rings. The Labute approximate surface area is 306 Å². The standard InChI is InChI=1S/2C15H17.C12H10Si.2ClH.Zr/c2*1-4-13-7-5-6-8-14(13)15-10-11(2)9-12(15)3;1-3-7-11(8-4-1)13-12-9-5-2-6-10-12;;;/h2*5-8,10-11H,4H2,1-3H3;1-10H;2*1H;/q2*-1;;;;+2/p-2. The zero-order valence-corrected chi connectivity index (χ0v) is 32.8. The first-order chi connectivity index (χ1) is 21.3. The van der Waals surface area contributed by atoms with Crippen LogP contribution in [-0.2, 0) is 36.2 Å². The van der Waals surface area contributed by atoms with Crippen molar-refractivity contribution in [3.8, 4) is 0 Å². The van der Waals surface area contributed by atoms with Gasteiger partial charge in [0.05, 0.1) is 0 Å². The summed E-state index contributed by atoms with van der Waals surface area (Å²) in [4.78, 5) is 0. The van der Waals surface area contributed by atoms with Gasteiger partial charge in [0.1, 0.15) is 0 Å². The van der Waals surface area contributed by atoms with E-state index < -0.39 is 5.43 Å². The molecule has 0 amide bonds. The van der Waals surface area contributed by atoms with E-state index in [1.165, 1.54) is 54.9 Å². The first-order valence-corrected chi connectivity index (χ1v) is 21.0. The van der Waals surface area contributed by atoms with E-state index in [1.54, 1.807) is 23.3 Å². The Balaban J connectivity index is 0.000000235. The van der Waals surface area contributed by atoms with Crippen LogP contribution >= 0.6 is 0 Å². The average Bonchev–Trinajstić information content (AvgIpc) is 3.59. The van der Waals surface area contributed by atoms with E-state index in [0.717, 1.165) is 12.8 Å². The van der Waals surface area contributed by atoms with Gasteiger partial charge >= 0.3 is 99.8 Å². The van der Waals surface area contributed by atoms with Gasteiger partial charge in [-0.05, 0) is 12.8 Å². The Morgan fingerprint density at radius 2 is 0.870 bits per heavy atom. The minimum atomic E-state index is -0.455. The second-order valence-corrected chi connectivity index (χ2v) is 17.0. The molecule has 0 nitrogen and oxygen atoms in total. The van der Waals surface area contributed by atoms with Crippen molar-refractivity contribution in [1.82, 2.24) is 0 Å². The number of hydrogen-bond donors (Lipinski definition) is 0. The van der Waals surface area contributed by atoms with Crippen LogP contribution in [0.15, 0.2) is 132 Å². The number of aryl methyl sites for hydroxylation is 2. The van der Waals surface area contributed by atoms with E-state index in [1.807, 2.05) is 0 Å². The van der Waals surface area contributed by atoms with Crippen LogP contribution < -0.4 is 35.2 Å². The molecule has 4 aromatic rings. The van der Waals surface area contributed by atoms with Crippen LogP contribution in [0.1, 0.15) is 63.8 Å². The molecule has 0 fully saturated rings. The molecule has 2 aliphatic carbocycles. The fraction of sp³-hybridized carbons (Fsp3) is 0.238. The van der Waals surface area contributed by atoms with Crippen LogP contribution in [0.5, 0.6) is 0 Å². The monoisotopic (exact) mass is 736 g/mol. The fourth-order valence-corrected chi connectivity index (χ4v) is 9.66. The molecule has 0 saturated heterocycles. The third-order valence-electron chi connectivity index (χ3n) is 8.03. The molecule has 0 spiro atoms. The van der Waals surface area contributed by atoms with Crippen LogP contribution in [0.3, 0.4) is 0 Å². The summed E-state index contributed by atoms with van der Waals surface area (Å²) < 4.78 is 0. The van der Waals surface area contributed by atoms with Gasteiger partial charge in [0, 0.05) is 0 Å². The SMILES string of the molecule is CCc1ccccc1C1=CC(C)[C-]=C1C.CCc1ccccc1C1=CC(C)[C-]=C1C.[Cl-].[Cl-].[Zr+2]=[Si](c1ccccc1)c1ccccc1. The molecule has 46 heavy (non-hydrogen) atoms. The molecule has 0 radical (unpaired) electrons. The van der Waals surface area contributed by atoms with Crippen molar-refractivity contribution in [2.24, 2.45) is 11.8 Å². The summed E-state index contributed by atoms with van der Waals surface area (Å²) in [6.45, 7) is 13.1. The van der Waals surface area contributed by atoms with Gasteiger partial charge in [0.2, 0.25) is 0 Å². The first-order valence-electron chi connectivity index (χ1n) is 15.8. The Morgan fingerprint density at radius 1 is 0.543 bits per heavy atom. The number of halogens is 2. The third kappa shape index (κ3) is 10.8. The summed E-state index contributed by atoms with van der Waals surface area (Å²) in [6.07, 6.45) is 13.7. The van der Waals surface area contributed by atoms with E-state index in [9.17, 15) is 0 Å². The predicted octanol–water partition coefficient (Wildman–Crippen LogP) is 3.41. The minimum absolute atomic E-state index is 0. The molecule has 4 aromatic carbocycles. The summed E-state index contributed by atoms with van der Waals surface area (Å²) in [5, 5.41) is 3.03. The van der Waals surface area contributed by atoms with Crippen LogP contribution in [0, 0.1) is 24.0 Å². The molecule has 0 heterocycles. The van der Waals surface area contributed by atoms with Crippen molar-refractivity contribution in [2.45, 2.75) is 54.4 Å². The molecule has 236 valence electrons. The third-order valence-corrected chi connectivity index (χ3v) is 14.1. The van der Waals surface area contributed by atoms with Gasteiger partial charge in [-0.3, -0.25) is 12.2 Å². The number of hydrogen-bond acceptors (Lipinski definition) is 0. The van der Waals surface area contributed by atoms with E-state index >= 15 is 0 Å². The van der Waals surface area contributed by atoms with Crippen molar-refractivity contribution in [1.29, 1.82) is 0 Å². The second-order valence-electron chi connectivity index (χ2n) is 11.4. The van der Waals surface area contributed by atoms with Crippen LogP contribution in [0.25, 0.3) is 11.1 Å². The Bertz CT molecular complexity index is 1560. The molecular formula is C42H44Cl2SiZr-2. The molecule has 0 N–H and O–H groups in total. The maximum atomic E-state index is 3.44. The van der Waals surface area contributed by atoms with Crippen molar-refractivity contribution < 1.29 is 48.1 Å². The topological polar surface area (TPSA) is 0 Å². The molecule has 4 heteroatoms. The number of rotatable bonds is 6. The number of allylic oxidation sites excluding steroid dienone is 8. The Morgan fingerprint density at radius 3 is 1.17 bits per heavy atom. The normalized spacial score (nSPS) is 16.1. The Hall–Kier alpha value is -2.48. The van der Waals surface area contributed by atoms with Crippen LogP contribution in [0.2, 0.25) is 0 Å². The zero-order chi connectivity index (χ0) is 31.5. The molecule has 2 unspecified atom stereocenters. The molecule has 2 atom stereocenters. The zero-order valence-electron chi connectivity index (χ0n) is 27.9. The fourth-order valence-electron chi connectivity index (χ4n) is 5.81. The quantitative estimate of drug-likeness (QED) is 0.211. The van der Waals surface area contributed by atoms with Crippen LogP contribution in [-0.4, -0.2) is 5.43 Å². The van der Waals surface area contributed by atoms with Gasteiger partial charge in [0.15, 0.2) is 0 Å². The van der Waals surface area contributed by atoms with Crippen LogP contribution in [0.4, 0.5) is 0 Å². The summed E-state index contributed by atoms with van der Waals surface area (Å²) in [5.74, 6) is 0.926. The van der Waals surface area contributed by atoms with Crippen molar-refractivity contribution >= 4 is 27.0 Å². The molecule has 6 rings (SSSR count). The average molecular weight is 739 g/mol. The van der Waals surface area contributed by atoms with Gasteiger partial charge in [-0.1, -0.05) is 124 Å². The summed E-state index contributed by atoms with van der Waals surface area (Å²) in [7, 11) is 0. The molecule has 0 aromatic heterocycles. The number of benzene rings is 4. The van der Waals surface area contributed by atoms with Crippen molar-refractivity contribution in [3.63, 3.8) is 0 Å². The predicted molar refractivity (Wildman–Crippen MR) is 189 cm³/mol. The second kappa shape index (κ2) is 20.0. The molecule has 0 saturated carbocycles. The van der Waals surface area contributed by atoms with Crippen molar-refractivity contribution in [3.05, 3.63) is 167 Å². The summed E-state index contributed by atoms with van der Waals surface area (Å²) in [5.41, 5.74) is 10.5. The molecule has 0 aliphatic heterocycles. The first kappa shape index (κ1) is 39.7. The summed E-state index contributed by atoms with van der Waals surface area (Å²) >= 11 is 1.64. The van der Waals surface area contributed by atoms with Crippen molar-refractivity contribution in [2.75, 3.05) is 0 Å². The van der Waals surface area contributed by atoms with E-state index in [0.29, 0.717) is 11.8 Å². The van der Waals surface area contributed by atoms with Gasteiger partial charge in [0.25, 0.3) is 0 Å².